The maximum absolute atomic E-state index is 13.7. The number of carbonyl (C=O) groups excluding carboxylic acids is 3. The number of para-hydroxylation sites is 1. The third kappa shape index (κ3) is 3.81. The Morgan fingerprint density at radius 2 is 1.82 bits per heavy atom. The number of nitro benzene ring substituents is 1. The standard InChI is InChI=1S/C22H22N4O7/c1-32-18(33-2)12-24-13-22(11-14-10-16(26(30)31)8-9-17(14)24)19(27)23-21(29)25(20(22)28)15-6-4-3-5-7-15/h3-10,18H,11-13H2,1-2H3,(H,23,27,29)/t22-/m1/s1. The van der Waals surface area contributed by atoms with Crippen molar-refractivity contribution in [3.05, 3.63) is 64.2 Å². The first-order valence-electron chi connectivity index (χ1n) is 10.1. The van der Waals surface area contributed by atoms with Gasteiger partial charge in [0.05, 0.1) is 17.2 Å². The van der Waals surface area contributed by atoms with Crippen LogP contribution in [0.4, 0.5) is 21.9 Å². The Labute approximate surface area is 189 Å². The first-order valence-corrected chi connectivity index (χ1v) is 10.1. The highest BCUT2D eigenvalue weighted by atomic mass is 16.7. The molecule has 1 N–H and O–H groups in total. The van der Waals surface area contributed by atoms with Gasteiger partial charge in [-0.2, -0.15) is 0 Å². The lowest BCUT2D eigenvalue weighted by Crippen LogP contribution is -2.69. The molecule has 0 aliphatic carbocycles. The van der Waals surface area contributed by atoms with Gasteiger partial charge in [-0.15, -0.1) is 0 Å². The van der Waals surface area contributed by atoms with Crippen LogP contribution in [0.15, 0.2) is 48.5 Å². The zero-order valence-electron chi connectivity index (χ0n) is 18.0. The lowest BCUT2D eigenvalue weighted by atomic mass is 9.74. The number of nitrogens with zero attached hydrogens (tertiary/aromatic N) is 3. The number of amides is 4. The number of urea groups is 1. The van der Waals surface area contributed by atoms with Crippen LogP contribution in [0, 0.1) is 15.5 Å². The van der Waals surface area contributed by atoms with Crippen LogP contribution >= 0.6 is 0 Å². The molecule has 4 amide bonds. The van der Waals surface area contributed by atoms with Crippen LogP contribution in [0.1, 0.15) is 5.56 Å². The number of fused-ring (bicyclic) bond motifs is 1. The van der Waals surface area contributed by atoms with Crippen LogP contribution in [0.2, 0.25) is 0 Å². The van der Waals surface area contributed by atoms with Crippen molar-refractivity contribution in [1.82, 2.24) is 5.32 Å². The fourth-order valence-electron chi connectivity index (χ4n) is 4.30. The first kappa shape index (κ1) is 22.4. The third-order valence-electron chi connectivity index (χ3n) is 5.95. The van der Waals surface area contributed by atoms with E-state index in [-0.39, 0.29) is 25.2 Å². The van der Waals surface area contributed by atoms with Crippen LogP contribution in [-0.2, 0) is 25.5 Å². The van der Waals surface area contributed by atoms with E-state index in [0.717, 1.165) is 4.90 Å². The Bertz CT molecular complexity index is 1120. The molecular formula is C22H22N4O7. The van der Waals surface area contributed by atoms with E-state index in [4.69, 9.17) is 9.47 Å². The second kappa shape index (κ2) is 8.60. The summed E-state index contributed by atoms with van der Waals surface area (Å²) in [5.74, 6) is -1.45. The molecule has 0 saturated carbocycles. The number of hydrogen-bond acceptors (Lipinski definition) is 8. The van der Waals surface area contributed by atoms with Gasteiger partial charge in [0, 0.05) is 38.6 Å². The Morgan fingerprint density at radius 1 is 1.12 bits per heavy atom. The van der Waals surface area contributed by atoms with Gasteiger partial charge in [-0.05, 0) is 30.2 Å². The number of nitrogens with one attached hydrogen (secondary N) is 1. The zero-order valence-corrected chi connectivity index (χ0v) is 18.0. The van der Waals surface area contributed by atoms with Gasteiger partial charge in [-0.25, -0.2) is 9.69 Å². The number of ether oxygens (including phenoxy) is 2. The summed E-state index contributed by atoms with van der Waals surface area (Å²) < 4.78 is 10.6. The van der Waals surface area contributed by atoms with Gasteiger partial charge in [-0.3, -0.25) is 25.0 Å². The minimum Gasteiger partial charge on any atom is -0.365 e. The number of carbonyl (C=O) groups is 3. The predicted octanol–water partition coefficient (Wildman–Crippen LogP) is 1.85. The van der Waals surface area contributed by atoms with E-state index >= 15 is 0 Å². The van der Waals surface area contributed by atoms with E-state index in [1.54, 1.807) is 41.3 Å². The molecule has 33 heavy (non-hydrogen) atoms. The predicted molar refractivity (Wildman–Crippen MR) is 117 cm³/mol. The highest BCUT2D eigenvalue weighted by Crippen LogP contribution is 2.42. The number of hydrogen-bond donors (Lipinski definition) is 1. The quantitative estimate of drug-likeness (QED) is 0.303. The Morgan fingerprint density at radius 3 is 2.45 bits per heavy atom. The lowest BCUT2D eigenvalue weighted by molar-refractivity contribution is -0.384. The highest BCUT2D eigenvalue weighted by Gasteiger charge is 2.57. The lowest BCUT2D eigenvalue weighted by Gasteiger charge is -2.46. The van der Waals surface area contributed by atoms with Crippen LogP contribution in [0.3, 0.4) is 0 Å². The van der Waals surface area contributed by atoms with Gasteiger partial charge >= 0.3 is 6.03 Å². The largest absolute Gasteiger partial charge is 0.365 e. The fourth-order valence-corrected chi connectivity index (χ4v) is 4.30. The van der Waals surface area contributed by atoms with Gasteiger partial charge in [0.1, 0.15) is 0 Å². The molecule has 1 saturated heterocycles. The first-order chi connectivity index (χ1) is 15.8. The topological polar surface area (TPSA) is 131 Å². The molecule has 2 aliphatic heterocycles. The minimum atomic E-state index is -1.68. The summed E-state index contributed by atoms with van der Waals surface area (Å²) in [6, 6.07) is 11.7. The van der Waals surface area contributed by atoms with Gasteiger partial charge < -0.3 is 14.4 Å². The van der Waals surface area contributed by atoms with Gasteiger partial charge in [0.2, 0.25) is 5.91 Å². The molecule has 2 aromatic carbocycles. The normalized spacial score (nSPS) is 20.3. The third-order valence-corrected chi connectivity index (χ3v) is 5.95. The van der Waals surface area contributed by atoms with Crippen molar-refractivity contribution in [2.75, 3.05) is 37.1 Å². The van der Waals surface area contributed by atoms with Gasteiger partial charge in [0.15, 0.2) is 11.7 Å². The number of imide groups is 2. The maximum atomic E-state index is 13.7. The average molecular weight is 454 g/mol. The van der Waals surface area contributed by atoms with E-state index in [0.29, 0.717) is 16.9 Å². The van der Waals surface area contributed by atoms with Crippen LogP contribution < -0.4 is 15.1 Å². The van der Waals surface area contributed by atoms with Crippen molar-refractivity contribution in [2.45, 2.75) is 12.7 Å². The van der Waals surface area contributed by atoms with E-state index in [9.17, 15) is 24.5 Å². The molecule has 4 rings (SSSR count). The number of benzene rings is 2. The summed E-state index contributed by atoms with van der Waals surface area (Å²) in [7, 11) is 2.91. The summed E-state index contributed by atoms with van der Waals surface area (Å²) >= 11 is 0. The number of anilines is 2. The number of nitro groups is 1. The van der Waals surface area contributed by atoms with E-state index < -0.39 is 34.5 Å². The van der Waals surface area contributed by atoms with E-state index in [2.05, 4.69) is 5.32 Å². The number of barbiturate groups is 1. The second-order valence-corrected chi connectivity index (χ2v) is 7.85. The SMILES string of the molecule is COC(CN1C[C@]2(Cc3cc([N+](=O)[O-])ccc31)C(=O)NC(=O)N(c1ccccc1)C2=O)OC. The molecule has 11 heteroatoms. The number of rotatable bonds is 6. The fraction of sp³-hybridized carbons (Fsp3) is 0.318. The Kier molecular flexibility index (Phi) is 5.83. The summed E-state index contributed by atoms with van der Waals surface area (Å²) in [6.07, 6.45) is -0.788. The molecule has 2 aromatic rings. The highest BCUT2D eigenvalue weighted by molar-refractivity contribution is 6.30. The smallest absolute Gasteiger partial charge is 0.335 e. The monoisotopic (exact) mass is 454 g/mol. The van der Waals surface area contributed by atoms with Crippen molar-refractivity contribution in [3.63, 3.8) is 0 Å². The van der Waals surface area contributed by atoms with Crippen LogP contribution in [0.25, 0.3) is 0 Å². The van der Waals surface area contributed by atoms with Crippen molar-refractivity contribution in [1.29, 1.82) is 0 Å². The molecule has 0 bridgehead atoms. The maximum Gasteiger partial charge on any atom is 0.335 e. The van der Waals surface area contributed by atoms with E-state index in [1.807, 2.05) is 0 Å². The summed E-state index contributed by atoms with van der Waals surface area (Å²) in [6.45, 7) is 0.0850. The summed E-state index contributed by atoms with van der Waals surface area (Å²) in [5.41, 5.74) is -0.477. The summed E-state index contributed by atoms with van der Waals surface area (Å²) in [5, 5.41) is 13.7. The van der Waals surface area contributed by atoms with Crippen LogP contribution in [0.5, 0.6) is 0 Å². The van der Waals surface area contributed by atoms with Gasteiger partial charge in [0.25, 0.3) is 11.6 Å². The number of non-ortho nitro benzene ring substituents is 1. The summed E-state index contributed by atoms with van der Waals surface area (Å²) in [4.78, 5) is 53.0. The Balaban J connectivity index is 1.82. The van der Waals surface area contributed by atoms with Crippen molar-refractivity contribution < 1.29 is 28.8 Å². The molecule has 0 radical (unpaired) electrons. The van der Waals surface area contributed by atoms with Crippen LogP contribution in [-0.4, -0.2) is 56.4 Å². The molecular weight excluding hydrogens is 432 g/mol. The molecule has 11 nitrogen and oxygen atoms in total. The zero-order chi connectivity index (χ0) is 23.8. The average Bonchev–Trinajstić information content (AvgIpc) is 2.81. The molecule has 2 heterocycles. The number of methoxy groups -OCH3 is 2. The van der Waals surface area contributed by atoms with Crippen molar-refractivity contribution in [3.8, 4) is 0 Å². The molecule has 1 spiro atoms. The molecule has 0 unspecified atom stereocenters. The minimum absolute atomic E-state index is 0.0672. The van der Waals surface area contributed by atoms with Gasteiger partial charge in [-0.1, -0.05) is 18.2 Å². The molecule has 1 fully saturated rings. The molecule has 2 aliphatic rings. The van der Waals surface area contributed by atoms with Crippen molar-refractivity contribution >= 4 is 34.9 Å². The Hall–Kier alpha value is -3.83. The molecule has 172 valence electrons. The molecule has 1 atom stereocenters. The van der Waals surface area contributed by atoms with Crippen molar-refractivity contribution in [2.24, 2.45) is 5.41 Å². The van der Waals surface area contributed by atoms with E-state index in [1.165, 1.54) is 26.4 Å². The molecule has 0 aromatic heterocycles. The second-order valence-electron chi connectivity index (χ2n) is 7.85.